The first-order valence-electron chi connectivity index (χ1n) is 5.18. The van der Waals surface area contributed by atoms with Crippen molar-refractivity contribution in [2.45, 2.75) is 6.42 Å². The van der Waals surface area contributed by atoms with E-state index in [-0.39, 0.29) is 6.42 Å². The van der Waals surface area contributed by atoms with Gasteiger partial charge in [-0.15, -0.1) is 0 Å². The number of pyridine rings is 1. The van der Waals surface area contributed by atoms with Gasteiger partial charge in [-0.3, -0.25) is 9.78 Å². The van der Waals surface area contributed by atoms with Crippen LogP contribution in [0.4, 0.5) is 5.69 Å². The van der Waals surface area contributed by atoms with Crippen LogP contribution in [0.15, 0.2) is 42.6 Å². The molecule has 86 valence electrons. The number of hydrogen-bond acceptors (Lipinski definition) is 3. The lowest BCUT2D eigenvalue weighted by atomic mass is 10.0. The number of carbonyl (C=O) groups is 1. The Labute approximate surface area is 98.7 Å². The average molecular weight is 228 g/mol. The number of anilines is 1. The zero-order valence-electron chi connectivity index (χ0n) is 9.13. The van der Waals surface area contributed by atoms with Crippen molar-refractivity contribution in [3.8, 4) is 11.3 Å². The van der Waals surface area contributed by atoms with Gasteiger partial charge in [0.15, 0.2) is 0 Å². The van der Waals surface area contributed by atoms with E-state index in [1.807, 2.05) is 12.1 Å². The summed E-state index contributed by atoms with van der Waals surface area (Å²) in [5.41, 5.74) is 8.66. The molecule has 1 aromatic carbocycles. The van der Waals surface area contributed by atoms with Gasteiger partial charge in [-0.1, -0.05) is 18.2 Å². The molecule has 1 aromatic heterocycles. The highest BCUT2D eigenvalue weighted by Gasteiger charge is 2.06. The van der Waals surface area contributed by atoms with Crippen LogP contribution in [0.3, 0.4) is 0 Å². The first kappa shape index (κ1) is 11.1. The normalized spacial score (nSPS) is 10.1. The molecule has 0 bridgehead atoms. The van der Waals surface area contributed by atoms with Gasteiger partial charge < -0.3 is 10.8 Å². The summed E-state index contributed by atoms with van der Waals surface area (Å²) in [6, 6.07) is 10.8. The Balaban J connectivity index is 2.40. The SMILES string of the molecule is Nc1cccnc1-c1cccc(CC(=O)O)c1. The predicted octanol–water partition coefficient (Wildman–Crippen LogP) is 1.96. The monoisotopic (exact) mass is 228 g/mol. The van der Waals surface area contributed by atoms with Crippen LogP contribution < -0.4 is 5.73 Å². The fraction of sp³-hybridized carbons (Fsp3) is 0.0769. The molecule has 0 aliphatic carbocycles. The van der Waals surface area contributed by atoms with Crippen molar-refractivity contribution >= 4 is 11.7 Å². The molecular formula is C13H12N2O2. The van der Waals surface area contributed by atoms with Gasteiger partial charge in [-0.05, 0) is 23.8 Å². The summed E-state index contributed by atoms with van der Waals surface area (Å²) in [7, 11) is 0. The standard InChI is InChI=1S/C13H12N2O2/c14-11-5-2-6-15-13(11)10-4-1-3-9(7-10)8-12(16)17/h1-7H,8,14H2,(H,16,17). The third kappa shape index (κ3) is 2.60. The summed E-state index contributed by atoms with van der Waals surface area (Å²) in [5.74, 6) is -0.851. The molecule has 0 amide bonds. The Hall–Kier alpha value is -2.36. The van der Waals surface area contributed by atoms with E-state index in [1.165, 1.54) is 0 Å². The maximum atomic E-state index is 10.6. The van der Waals surface area contributed by atoms with Crippen molar-refractivity contribution < 1.29 is 9.90 Å². The third-order valence-electron chi connectivity index (χ3n) is 2.39. The number of benzene rings is 1. The molecule has 0 unspecified atom stereocenters. The second kappa shape index (κ2) is 4.65. The Morgan fingerprint density at radius 1 is 1.29 bits per heavy atom. The molecule has 4 heteroatoms. The summed E-state index contributed by atoms with van der Waals surface area (Å²) >= 11 is 0. The van der Waals surface area contributed by atoms with E-state index >= 15 is 0 Å². The first-order valence-corrected chi connectivity index (χ1v) is 5.18. The van der Waals surface area contributed by atoms with Gasteiger partial charge in [0, 0.05) is 11.8 Å². The average Bonchev–Trinajstić information content (AvgIpc) is 2.29. The van der Waals surface area contributed by atoms with Crippen molar-refractivity contribution in [3.05, 3.63) is 48.2 Å². The number of carboxylic acid groups (broad SMARTS) is 1. The predicted molar refractivity (Wildman–Crippen MR) is 65.4 cm³/mol. The molecule has 0 aliphatic heterocycles. The van der Waals surface area contributed by atoms with Crippen molar-refractivity contribution in [2.24, 2.45) is 0 Å². The molecule has 4 nitrogen and oxygen atoms in total. The number of nitrogens with two attached hydrogens (primary N) is 1. The van der Waals surface area contributed by atoms with Gasteiger partial charge in [0.05, 0.1) is 17.8 Å². The summed E-state index contributed by atoms with van der Waals surface area (Å²) in [5, 5.41) is 8.74. The highest BCUT2D eigenvalue weighted by atomic mass is 16.4. The van der Waals surface area contributed by atoms with Crippen molar-refractivity contribution in [1.29, 1.82) is 0 Å². The van der Waals surface area contributed by atoms with Crippen LogP contribution in [0.1, 0.15) is 5.56 Å². The molecule has 3 N–H and O–H groups in total. The Kier molecular flexibility index (Phi) is 3.05. The lowest BCUT2D eigenvalue weighted by Crippen LogP contribution is -2.00. The van der Waals surface area contributed by atoms with Crippen LogP contribution in [0, 0.1) is 0 Å². The smallest absolute Gasteiger partial charge is 0.307 e. The zero-order chi connectivity index (χ0) is 12.3. The van der Waals surface area contributed by atoms with Crippen LogP contribution in [0.2, 0.25) is 0 Å². The first-order chi connectivity index (χ1) is 8.16. The number of rotatable bonds is 3. The highest BCUT2D eigenvalue weighted by Crippen LogP contribution is 2.23. The second-order valence-corrected chi connectivity index (χ2v) is 3.71. The van der Waals surface area contributed by atoms with Gasteiger partial charge in [0.2, 0.25) is 0 Å². The summed E-state index contributed by atoms with van der Waals surface area (Å²) < 4.78 is 0. The summed E-state index contributed by atoms with van der Waals surface area (Å²) in [6.07, 6.45) is 1.66. The van der Waals surface area contributed by atoms with Gasteiger partial charge in [0.1, 0.15) is 0 Å². The van der Waals surface area contributed by atoms with E-state index in [2.05, 4.69) is 4.98 Å². The van der Waals surface area contributed by atoms with E-state index in [0.29, 0.717) is 11.4 Å². The van der Waals surface area contributed by atoms with Gasteiger partial charge in [0.25, 0.3) is 0 Å². The molecule has 0 atom stereocenters. The molecule has 0 spiro atoms. The number of nitrogens with zero attached hydrogens (tertiary/aromatic N) is 1. The van der Waals surface area contributed by atoms with Crippen LogP contribution in [-0.4, -0.2) is 16.1 Å². The minimum absolute atomic E-state index is 0.000574. The lowest BCUT2D eigenvalue weighted by molar-refractivity contribution is -0.136. The molecule has 0 radical (unpaired) electrons. The lowest BCUT2D eigenvalue weighted by Gasteiger charge is -2.05. The topological polar surface area (TPSA) is 76.2 Å². The van der Waals surface area contributed by atoms with Gasteiger partial charge in [-0.2, -0.15) is 0 Å². The molecule has 17 heavy (non-hydrogen) atoms. The van der Waals surface area contributed by atoms with Crippen LogP contribution in [0.25, 0.3) is 11.3 Å². The maximum absolute atomic E-state index is 10.6. The van der Waals surface area contributed by atoms with E-state index in [9.17, 15) is 4.79 Å². The number of hydrogen-bond donors (Lipinski definition) is 2. The fourth-order valence-corrected chi connectivity index (χ4v) is 1.66. The van der Waals surface area contributed by atoms with Crippen LogP contribution in [0.5, 0.6) is 0 Å². The fourth-order valence-electron chi connectivity index (χ4n) is 1.66. The number of nitrogen functional groups attached to an aromatic ring is 1. The second-order valence-electron chi connectivity index (χ2n) is 3.71. The molecule has 0 fully saturated rings. The van der Waals surface area contributed by atoms with Gasteiger partial charge >= 0.3 is 5.97 Å². The Morgan fingerprint density at radius 2 is 2.12 bits per heavy atom. The number of aromatic nitrogens is 1. The van der Waals surface area contributed by atoms with Gasteiger partial charge in [-0.25, -0.2) is 0 Å². The molecular weight excluding hydrogens is 216 g/mol. The van der Waals surface area contributed by atoms with Crippen molar-refractivity contribution in [1.82, 2.24) is 4.98 Å². The third-order valence-corrected chi connectivity index (χ3v) is 2.39. The molecule has 0 aliphatic rings. The maximum Gasteiger partial charge on any atom is 0.307 e. The van der Waals surface area contributed by atoms with E-state index in [1.54, 1.807) is 30.5 Å². The van der Waals surface area contributed by atoms with Crippen molar-refractivity contribution in [2.75, 3.05) is 5.73 Å². The number of carboxylic acids is 1. The molecule has 2 aromatic rings. The highest BCUT2D eigenvalue weighted by molar-refractivity contribution is 5.75. The summed E-state index contributed by atoms with van der Waals surface area (Å²) in [6.45, 7) is 0. The Morgan fingerprint density at radius 3 is 2.82 bits per heavy atom. The molecule has 1 heterocycles. The van der Waals surface area contributed by atoms with Crippen molar-refractivity contribution in [3.63, 3.8) is 0 Å². The number of aliphatic carboxylic acids is 1. The van der Waals surface area contributed by atoms with E-state index in [0.717, 1.165) is 11.1 Å². The minimum atomic E-state index is -0.851. The summed E-state index contributed by atoms with van der Waals surface area (Å²) in [4.78, 5) is 14.8. The Bertz CT molecular complexity index is 553. The largest absolute Gasteiger partial charge is 0.481 e. The quantitative estimate of drug-likeness (QED) is 0.841. The molecule has 0 saturated heterocycles. The zero-order valence-corrected chi connectivity index (χ0v) is 9.13. The van der Waals surface area contributed by atoms with E-state index in [4.69, 9.17) is 10.8 Å². The van der Waals surface area contributed by atoms with Crippen LogP contribution in [-0.2, 0) is 11.2 Å². The van der Waals surface area contributed by atoms with Crippen LogP contribution >= 0.6 is 0 Å². The minimum Gasteiger partial charge on any atom is -0.481 e. The van der Waals surface area contributed by atoms with E-state index < -0.39 is 5.97 Å². The molecule has 0 saturated carbocycles. The molecule has 2 rings (SSSR count).